The smallest absolute Gasteiger partial charge is 0.298 e. The monoisotopic (exact) mass is 432 g/mol. The van der Waals surface area contributed by atoms with Crippen LogP contribution in [0, 0.1) is 5.92 Å². The number of carbonyl (C=O) groups excluding carboxylic acids is 2. The lowest BCUT2D eigenvalue weighted by molar-refractivity contribution is -0.200. The van der Waals surface area contributed by atoms with E-state index in [0.717, 1.165) is 0 Å². The molecule has 31 heavy (non-hydrogen) atoms. The third kappa shape index (κ3) is 5.61. The summed E-state index contributed by atoms with van der Waals surface area (Å²) in [4.78, 5) is 25.7. The summed E-state index contributed by atoms with van der Waals surface area (Å²) in [6.07, 6.45) is 7.82. The predicted octanol–water partition coefficient (Wildman–Crippen LogP) is 2.96. The minimum absolute atomic E-state index is 0.0315. The number of allylic oxidation sites excluding steroid dienone is 2. The van der Waals surface area contributed by atoms with Crippen LogP contribution in [-0.4, -0.2) is 62.1 Å². The highest BCUT2D eigenvalue weighted by molar-refractivity contribution is 6.18. The summed E-state index contributed by atoms with van der Waals surface area (Å²) < 4.78 is 20.6. The van der Waals surface area contributed by atoms with Gasteiger partial charge in [-0.1, -0.05) is 18.2 Å². The maximum Gasteiger partial charge on any atom is 0.298 e. The SMILES string of the molecule is COc1cc(C=CC(=O)C(OC)(OC)C(=O)C=CC2CC=C(O)C(OC)C2)ccc1O. The highest BCUT2D eigenvalue weighted by atomic mass is 16.7. The van der Waals surface area contributed by atoms with Gasteiger partial charge in [0.05, 0.1) is 7.11 Å². The first-order valence-corrected chi connectivity index (χ1v) is 9.65. The number of methoxy groups -OCH3 is 4. The number of ether oxygens (including phenoxy) is 4. The first-order valence-electron chi connectivity index (χ1n) is 9.65. The summed E-state index contributed by atoms with van der Waals surface area (Å²) in [5.74, 6) is -3.14. The summed E-state index contributed by atoms with van der Waals surface area (Å²) >= 11 is 0. The van der Waals surface area contributed by atoms with Gasteiger partial charge in [0.15, 0.2) is 11.5 Å². The Morgan fingerprint density at radius 3 is 2.35 bits per heavy atom. The number of aliphatic hydroxyl groups is 1. The summed E-state index contributed by atoms with van der Waals surface area (Å²) in [6, 6.07) is 4.56. The number of phenolic OH excluding ortho intramolecular Hbond substituents is 1. The highest BCUT2D eigenvalue weighted by Crippen LogP contribution is 2.28. The fraction of sp³-hybridized carbons (Fsp3) is 0.391. The molecule has 2 N–H and O–H groups in total. The van der Waals surface area contributed by atoms with Crippen LogP contribution in [0.5, 0.6) is 11.5 Å². The molecule has 1 aromatic carbocycles. The summed E-state index contributed by atoms with van der Waals surface area (Å²) in [5, 5.41) is 19.4. The van der Waals surface area contributed by atoms with Gasteiger partial charge in [-0.25, -0.2) is 0 Å². The van der Waals surface area contributed by atoms with Crippen LogP contribution < -0.4 is 4.74 Å². The van der Waals surface area contributed by atoms with Gasteiger partial charge in [-0.3, -0.25) is 9.59 Å². The van der Waals surface area contributed by atoms with E-state index in [1.54, 1.807) is 24.3 Å². The Morgan fingerprint density at radius 2 is 1.74 bits per heavy atom. The molecule has 1 aliphatic carbocycles. The average Bonchev–Trinajstić information content (AvgIpc) is 2.79. The second-order valence-corrected chi connectivity index (χ2v) is 6.96. The van der Waals surface area contributed by atoms with Crippen LogP contribution in [0.1, 0.15) is 18.4 Å². The van der Waals surface area contributed by atoms with E-state index in [0.29, 0.717) is 18.4 Å². The van der Waals surface area contributed by atoms with E-state index < -0.39 is 23.5 Å². The van der Waals surface area contributed by atoms with Gasteiger partial charge in [0.2, 0.25) is 11.6 Å². The maximum atomic E-state index is 12.8. The van der Waals surface area contributed by atoms with Gasteiger partial charge in [-0.2, -0.15) is 0 Å². The van der Waals surface area contributed by atoms with E-state index in [4.69, 9.17) is 18.9 Å². The van der Waals surface area contributed by atoms with Crippen LogP contribution in [0.25, 0.3) is 6.08 Å². The van der Waals surface area contributed by atoms with E-state index in [-0.39, 0.29) is 23.2 Å². The lowest BCUT2D eigenvalue weighted by Crippen LogP contribution is -2.48. The predicted molar refractivity (Wildman–Crippen MR) is 114 cm³/mol. The Bertz CT molecular complexity index is 880. The number of ketones is 2. The average molecular weight is 432 g/mol. The molecule has 0 saturated carbocycles. The van der Waals surface area contributed by atoms with Gasteiger partial charge in [0, 0.05) is 21.3 Å². The second-order valence-electron chi connectivity index (χ2n) is 6.96. The number of rotatable bonds is 10. The van der Waals surface area contributed by atoms with Crippen molar-refractivity contribution < 1.29 is 38.7 Å². The molecule has 2 rings (SSSR count). The first-order chi connectivity index (χ1) is 14.8. The summed E-state index contributed by atoms with van der Waals surface area (Å²) in [7, 11) is 5.35. The van der Waals surface area contributed by atoms with Crippen molar-refractivity contribution >= 4 is 17.6 Å². The van der Waals surface area contributed by atoms with Crippen LogP contribution in [0.2, 0.25) is 0 Å². The van der Waals surface area contributed by atoms with Crippen LogP contribution in [0.4, 0.5) is 0 Å². The fourth-order valence-corrected chi connectivity index (χ4v) is 3.29. The lowest BCUT2D eigenvalue weighted by Gasteiger charge is -2.26. The first kappa shape index (κ1) is 24.3. The molecular formula is C23H28O8. The Kier molecular flexibility index (Phi) is 8.56. The van der Waals surface area contributed by atoms with Crippen molar-refractivity contribution in [2.75, 3.05) is 28.4 Å². The Labute approximate surface area is 181 Å². The highest BCUT2D eigenvalue weighted by Gasteiger charge is 2.44. The molecule has 2 unspecified atom stereocenters. The molecule has 0 aliphatic heterocycles. The Hall–Kier alpha value is -2.94. The third-order valence-electron chi connectivity index (χ3n) is 5.14. The van der Waals surface area contributed by atoms with Crippen molar-refractivity contribution in [3.63, 3.8) is 0 Å². The van der Waals surface area contributed by atoms with Crippen molar-refractivity contribution in [3.05, 3.63) is 53.8 Å². The molecule has 168 valence electrons. The Balaban J connectivity index is 2.18. The number of phenols is 1. The van der Waals surface area contributed by atoms with Gasteiger partial charge >= 0.3 is 0 Å². The van der Waals surface area contributed by atoms with Crippen LogP contribution in [0.15, 0.2) is 48.3 Å². The third-order valence-corrected chi connectivity index (χ3v) is 5.14. The molecule has 0 fully saturated rings. The Morgan fingerprint density at radius 1 is 1.06 bits per heavy atom. The van der Waals surface area contributed by atoms with Crippen LogP contribution in [-0.2, 0) is 23.8 Å². The normalized spacial score (nSPS) is 19.5. The molecule has 2 atom stereocenters. The van der Waals surface area contributed by atoms with Gasteiger partial charge in [0.1, 0.15) is 11.9 Å². The van der Waals surface area contributed by atoms with Crippen molar-refractivity contribution in [2.45, 2.75) is 24.7 Å². The quantitative estimate of drug-likeness (QED) is 0.330. The molecule has 8 heteroatoms. The standard InChI is InChI=1S/C23H28O8/c1-28-19-13-15(5-9-17(19)24)7-11-21(26)23(30-3,31-4)22(27)12-8-16-6-10-18(25)20(14-16)29-2/h5,7-13,16,20,24-25H,6,14H2,1-4H3. The zero-order chi connectivity index (χ0) is 23.0. The lowest BCUT2D eigenvalue weighted by atomic mass is 9.90. The van der Waals surface area contributed by atoms with Gasteiger partial charge < -0.3 is 29.2 Å². The minimum atomic E-state index is -2.12. The van der Waals surface area contributed by atoms with E-state index in [1.807, 2.05) is 0 Å². The van der Waals surface area contributed by atoms with Crippen LogP contribution >= 0.6 is 0 Å². The zero-order valence-electron chi connectivity index (χ0n) is 18.0. The zero-order valence-corrected chi connectivity index (χ0v) is 18.0. The summed E-state index contributed by atoms with van der Waals surface area (Å²) in [6.45, 7) is 0. The van der Waals surface area contributed by atoms with E-state index in [2.05, 4.69) is 0 Å². The number of carbonyl (C=O) groups is 2. The second kappa shape index (κ2) is 10.9. The minimum Gasteiger partial charge on any atom is -0.510 e. The van der Waals surface area contributed by atoms with Gasteiger partial charge in [0.25, 0.3) is 5.79 Å². The van der Waals surface area contributed by atoms with Crippen molar-refractivity contribution in [1.82, 2.24) is 0 Å². The fourth-order valence-electron chi connectivity index (χ4n) is 3.29. The van der Waals surface area contributed by atoms with Gasteiger partial charge in [-0.05, 0) is 54.7 Å². The molecule has 0 spiro atoms. The molecule has 1 aromatic rings. The maximum absolute atomic E-state index is 12.8. The molecule has 0 bridgehead atoms. The number of hydrogen-bond donors (Lipinski definition) is 2. The molecule has 8 nitrogen and oxygen atoms in total. The van der Waals surface area contributed by atoms with E-state index >= 15 is 0 Å². The number of aromatic hydroxyl groups is 1. The van der Waals surface area contributed by atoms with Crippen molar-refractivity contribution in [2.24, 2.45) is 5.92 Å². The van der Waals surface area contributed by atoms with E-state index in [9.17, 15) is 19.8 Å². The van der Waals surface area contributed by atoms with Gasteiger partial charge in [-0.15, -0.1) is 0 Å². The number of aliphatic hydroxyl groups excluding tert-OH is 1. The molecule has 0 radical (unpaired) electrons. The molecule has 0 aromatic heterocycles. The molecule has 0 saturated heterocycles. The molecule has 0 heterocycles. The van der Waals surface area contributed by atoms with Crippen molar-refractivity contribution in [1.29, 1.82) is 0 Å². The topological polar surface area (TPSA) is 112 Å². The van der Waals surface area contributed by atoms with Crippen molar-refractivity contribution in [3.8, 4) is 11.5 Å². The number of hydrogen-bond acceptors (Lipinski definition) is 8. The number of benzene rings is 1. The molecule has 0 amide bonds. The van der Waals surface area contributed by atoms with Crippen LogP contribution in [0.3, 0.4) is 0 Å². The summed E-state index contributed by atoms with van der Waals surface area (Å²) in [5.41, 5.74) is 0.575. The van der Waals surface area contributed by atoms with E-state index in [1.165, 1.54) is 52.7 Å². The molecule has 1 aliphatic rings. The molecular weight excluding hydrogens is 404 g/mol. The largest absolute Gasteiger partial charge is 0.510 e.